The van der Waals surface area contributed by atoms with Crippen LogP contribution in [0.4, 0.5) is 13.2 Å². The van der Waals surface area contributed by atoms with Crippen LogP contribution < -0.4 is 5.32 Å². The second kappa shape index (κ2) is 9.41. The highest BCUT2D eigenvalue weighted by Crippen LogP contribution is 2.29. The van der Waals surface area contributed by atoms with Gasteiger partial charge in [0.25, 0.3) is 0 Å². The smallest absolute Gasteiger partial charge is 0.344 e. The molecule has 28 heavy (non-hydrogen) atoms. The van der Waals surface area contributed by atoms with Crippen LogP contribution in [0.5, 0.6) is 0 Å². The van der Waals surface area contributed by atoms with E-state index in [4.69, 9.17) is 0 Å². The number of hydrogen-bond donors (Lipinski definition) is 1. The van der Waals surface area contributed by atoms with E-state index in [0.717, 1.165) is 30.7 Å². The van der Waals surface area contributed by atoms with Crippen LogP contribution in [0.25, 0.3) is 0 Å². The minimum Gasteiger partial charge on any atom is -0.344 e. The number of amides is 2. The molecule has 1 saturated heterocycles. The zero-order valence-electron chi connectivity index (χ0n) is 16.6. The quantitative estimate of drug-likeness (QED) is 0.828. The van der Waals surface area contributed by atoms with E-state index in [0.29, 0.717) is 26.2 Å². The largest absolute Gasteiger partial charge is 0.416 e. The molecule has 1 aliphatic rings. The molecule has 8 heteroatoms. The van der Waals surface area contributed by atoms with E-state index < -0.39 is 17.8 Å². The molecule has 1 atom stereocenters. The van der Waals surface area contributed by atoms with Crippen LogP contribution in [0.15, 0.2) is 24.3 Å². The summed E-state index contributed by atoms with van der Waals surface area (Å²) >= 11 is 0. The second-order valence-electron chi connectivity index (χ2n) is 7.57. The van der Waals surface area contributed by atoms with Gasteiger partial charge in [-0.3, -0.25) is 14.5 Å². The van der Waals surface area contributed by atoms with Crippen molar-refractivity contribution in [1.82, 2.24) is 15.1 Å². The third kappa shape index (κ3) is 6.22. The predicted octanol–water partition coefficient (Wildman–Crippen LogP) is 2.90. The van der Waals surface area contributed by atoms with Crippen molar-refractivity contribution in [3.05, 3.63) is 35.4 Å². The summed E-state index contributed by atoms with van der Waals surface area (Å²) < 4.78 is 38.0. The number of carbonyl (C=O) groups is 2. The summed E-state index contributed by atoms with van der Waals surface area (Å²) in [4.78, 5) is 28.1. The van der Waals surface area contributed by atoms with Crippen molar-refractivity contribution < 1.29 is 22.8 Å². The Morgan fingerprint density at radius 3 is 2.25 bits per heavy atom. The van der Waals surface area contributed by atoms with Crippen LogP contribution in [-0.2, 0) is 22.3 Å². The summed E-state index contributed by atoms with van der Waals surface area (Å²) in [5.41, 5.74) is 0.160. The minimum absolute atomic E-state index is 0.0112. The molecule has 0 spiro atoms. The molecule has 0 bridgehead atoms. The first-order chi connectivity index (χ1) is 13.1. The van der Waals surface area contributed by atoms with E-state index >= 15 is 0 Å². The van der Waals surface area contributed by atoms with Gasteiger partial charge in [-0.05, 0) is 30.0 Å². The van der Waals surface area contributed by atoms with E-state index in [1.54, 1.807) is 4.90 Å². The summed E-state index contributed by atoms with van der Waals surface area (Å²) in [6.07, 6.45) is -3.56. The molecule has 1 fully saturated rings. The molecule has 2 rings (SSSR count). The maximum Gasteiger partial charge on any atom is 0.416 e. The van der Waals surface area contributed by atoms with Gasteiger partial charge in [-0.1, -0.05) is 26.0 Å². The van der Waals surface area contributed by atoms with Gasteiger partial charge in [-0.2, -0.15) is 13.2 Å². The van der Waals surface area contributed by atoms with Gasteiger partial charge in [0.2, 0.25) is 11.8 Å². The van der Waals surface area contributed by atoms with Crippen molar-refractivity contribution >= 4 is 11.8 Å². The average Bonchev–Trinajstić information content (AvgIpc) is 2.84. The van der Waals surface area contributed by atoms with Gasteiger partial charge in [-0.15, -0.1) is 0 Å². The van der Waals surface area contributed by atoms with E-state index in [9.17, 15) is 22.8 Å². The average molecular weight is 399 g/mol. The van der Waals surface area contributed by atoms with Crippen molar-refractivity contribution in [2.45, 2.75) is 46.0 Å². The van der Waals surface area contributed by atoms with Crippen LogP contribution in [0.3, 0.4) is 0 Å². The third-order valence-corrected chi connectivity index (χ3v) is 4.88. The fourth-order valence-electron chi connectivity index (χ4n) is 3.34. The highest BCUT2D eigenvalue weighted by Gasteiger charge is 2.31. The number of halogens is 3. The molecule has 2 amide bonds. The normalized spacial score (nSPS) is 17.3. The molecule has 0 saturated carbocycles. The number of nitrogens with one attached hydrogen (secondary N) is 1. The first-order valence-corrected chi connectivity index (χ1v) is 9.52. The lowest BCUT2D eigenvalue weighted by molar-refractivity contribution is -0.137. The van der Waals surface area contributed by atoms with Gasteiger partial charge in [0.1, 0.15) is 6.04 Å². The summed E-state index contributed by atoms with van der Waals surface area (Å²) in [5.74, 6) is -0.324. The monoisotopic (exact) mass is 399 g/mol. The molecule has 1 aromatic rings. The molecule has 1 heterocycles. The Bertz CT molecular complexity index is 674. The third-order valence-electron chi connectivity index (χ3n) is 4.88. The highest BCUT2D eigenvalue weighted by molar-refractivity contribution is 5.87. The lowest BCUT2D eigenvalue weighted by Gasteiger charge is -2.28. The summed E-state index contributed by atoms with van der Waals surface area (Å²) in [6, 6.07) is 4.66. The molecule has 1 aliphatic heterocycles. The van der Waals surface area contributed by atoms with Gasteiger partial charge < -0.3 is 10.2 Å². The Kier molecular flexibility index (Phi) is 7.46. The lowest BCUT2D eigenvalue weighted by atomic mass is 10.0. The van der Waals surface area contributed by atoms with Crippen molar-refractivity contribution in [3.63, 3.8) is 0 Å². The van der Waals surface area contributed by atoms with Gasteiger partial charge in [0.15, 0.2) is 0 Å². The summed E-state index contributed by atoms with van der Waals surface area (Å²) in [6.45, 7) is 8.26. The topological polar surface area (TPSA) is 52.7 Å². The van der Waals surface area contributed by atoms with E-state index in [-0.39, 0.29) is 17.7 Å². The SMILES string of the molecule is CC(=O)NC(C(=O)N1CCCN(Cc2ccc(C(F)(F)F)cc2)CC1)C(C)C. The predicted molar refractivity (Wildman–Crippen MR) is 100 cm³/mol. The Labute approximate surface area is 163 Å². The molecule has 0 radical (unpaired) electrons. The van der Waals surface area contributed by atoms with Crippen molar-refractivity contribution in [2.75, 3.05) is 26.2 Å². The van der Waals surface area contributed by atoms with Gasteiger partial charge in [0.05, 0.1) is 5.56 Å². The maximum atomic E-state index is 12.8. The molecule has 5 nitrogen and oxygen atoms in total. The summed E-state index contributed by atoms with van der Waals surface area (Å²) in [5, 5.41) is 2.73. The highest BCUT2D eigenvalue weighted by atomic mass is 19.4. The van der Waals surface area contributed by atoms with Gasteiger partial charge >= 0.3 is 6.18 Å². The number of hydrogen-bond acceptors (Lipinski definition) is 3. The van der Waals surface area contributed by atoms with Crippen LogP contribution >= 0.6 is 0 Å². The van der Waals surface area contributed by atoms with Crippen LogP contribution in [0.2, 0.25) is 0 Å². The molecule has 0 aromatic heterocycles. The molecular formula is C20H28F3N3O2. The second-order valence-corrected chi connectivity index (χ2v) is 7.57. The van der Waals surface area contributed by atoms with Crippen molar-refractivity contribution in [1.29, 1.82) is 0 Å². The minimum atomic E-state index is -4.33. The number of benzene rings is 1. The molecule has 0 aliphatic carbocycles. The van der Waals surface area contributed by atoms with Crippen LogP contribution in [0.1, 0.15) is 38.3 Å². The molecule has 156 valence electrons. The van der Waals surface area contributed by atoms with E-state index in [1.807, 2.05) is 13.8 Å². The Balaban J connectivity index is 1.95. The zero-order chi connectivity index (χ0) is 20.9. The standard InChI is InChI=1S/C20H28F3N3O2/c1-14(2)18(24-15(3)27)19(28)26-10-4-9-25(11-12-26)13-16-5-7-17(8-6-16)20(21,22)23/h5-8,14,18H,4,9-13H2,1-3H3,(H,24,27). The first kappa shape index (κ1) is 22.2. The molecular weight excluding hydrogens is 371 g/mol. The molecule has 1 N–H and O–H groups in total. The van der Waals surface area contributed by atoms with E-state index in [1.165, 1.54) is 19.1 Å². The number of nitrogens with zero attached hydrogens (tertiary/aromatic N) is 2. The zero-order valence-corrected chi connectivity index (χ0v) is 16.6. The lowest BCUT2D eigenvalue weighted by Crippen LogP contribution is -2.51. The molecule has 1 unspecified atom stereocenters. The number of carbonyl (C=O) groups excluding carboxylic acids is 2. The molecule has 1 aromatic carbocycles. The van der Waals surface area contributed by atoms with Crippen molar-refractivity contribution in [2.24, 2.45) is 5.92 Å². The maximum absolute atomic E-state index is 12.8. The van der Waals surface area contributed by atoms with Gasteiger partial charge in [0, 0.05) is 39.6 Å². The Hall–Kier alpha value is -2.09. The Morgan fingerprint density at radius 1 is 1.07 bits per heavy atom. The number of alkyl halides is 3. The number of rotatable bonds is 5. The van der Waals surface area contributed by atoms with E-state index in [2.05, 4.69) is 10.2 Å². The van der Waals surface area contributed by atoms with Gasteiger partial charge in [-0.25, -0.2) is 0 Å². The first-order valence-electron chi connectivity index (χ1n) is 9.52. The van der Waals surface area contributed by atoms with Crippen LogP contribution in [0, 0.1) is 5.92 Å². The van der Waals surface area contributed by atoms with Crippen molar-refractivity contribution in [3.8, 4) is 0 Å². The summed E-state index contributed by atoms with van der Waals surface area (Å²) in [7, 11) is 0. The fourth-order valence-corrected chi connectivity index (χ4v) is 3.34. The fraction of sp³-hybridized carbons (Fsp3) is 0.600. The van der Waals surface area contributed by atoms with Crippen LogP contribution in [-0.4, -0.2) is 53.8 Å². The Morgan fingerprint density at radius 2 is 1.71 bits per heavy atom.